The molecule has 0 fully saturated rings. The fraction of sp³-hybridized carbons (Fsp3) is 0.250. The Morgan fingerprint density at radius 3 is 2.56 bits per heavy atom. The maximum Gasteiger partial charge on any atom is 0.335 e. The first-order valence-corrected chi connectivity index (χ1v) is 9.39. The molecule has 0 saturated carbocycles. The summed E-state index contributed by atoms with van der Waals surface area (Å²) in [6, 6.07) is 10.6. The molecule has 0 aliphatic carbocycles. The lowest BCUT2D eigenvalue weighted by molar-refractivity contribution is 0.0697. The van der Waals surface area contributed by atoms with Gasteiger partial charge in [-0.15, -0.1) is 11.3 Å². The molecule has 0 aliphatic rings. The minimum absolute atomic E-state index is 0.250. The molecule has 7 heteroatoms. The van der Waals surface area contributed by atoms with Crippen LogP contribution >= 0.6 is 11.3 Å². The third-order valence-electron chi connectivity index (χ3n) is 4.13. The smallest absolute Gasteiger partial charge is 0.335 e. The number of methoxy groups -OCH3 is 1. The van der Waals surface area contributed by atoms with Crippen LogP contribution in [0.15, 0.2) is 36.4 Å². The lowest BCUT2D eigenvalue weighted by atomic mass is 10.1. The van der Waals surface area contributed by atoms with Crippen LogP contribution in [-0.2, 0) is 17.8 Å². The minimum Gasteiger partial charge on any atom is -0.478 e. The largest absolute Gasteiger partial charge is 0.478 e. The molecule has 3 rings (SSSR count). The molecule has 6 nitrogen and oxygen atoms in total. The van der Waals surface area contributed by atoms with Crippen LogP contribution in [0.1, 0.15) is 33.4 Å². The number of nitrogens with one attached hydrogen (secondary N) is 1. The summed E-state index contributed by atoms with van der Waals surface area (Å²) in [4.78, 5) is 22.5. The summed E-state index contributed by atoms with van der Waals surface area (Å²) >= 11 is 1.61. The summed E-state index contributed by atoms with van der Waals surface area (Å²) in [5, 5.41) is 12.3. The average Bonchev–Trinajstić information content (AvgIpc) is 3.11. The number of aromatic carboxylic acids is 1. The number of hydrogen-bond acceptors (Lipinski definition) is 6. The van der Waals surface area contributed by atoms with Crippen LogP contribution in [0.3, 0.4) is 0 Å². The first-order valence-electron chi connectivity index (χ1n) is 8.57. The number of nitrogens with zero attached hydrogens (tertiary/aromatic N) is 2. The minimum atomic E-state index is -0.944. The Bertz CT molecular complexity index is 952. The summed E-state index contributed by atoms with van der Waals surface area (Å²) in [6.07, 6.45) is 0.793. The number of aromatic nitrogens is 2. The molecule has 0 atom stereocenters. The molecule has 0 bridgehead atoms. The number of ether oxygens (including phenoxy) is 1. The van der Waals surface area contributed by atoms with E-state index in [0.29, 0.717) is 12.4 Å². The van der Waals surface area contributed by atoms with Gasteiger partial charge in [-0.05, 0) is 49.7 Å². The monoisotopic (exact) mass is 383 g/mol. The molecule has 0 aliphatic heterocycles. The Morgan fingerprint density at radius 2 is 1.93 bits per heavy atom. The zero-order valence-corrected chi connectivity index (χ0v) is 16.3. The van der Waals surface area contributed by atoms with Crippen molar-refractivity contribution in [3.8, 4) is 10.7 Å². The fourth-order valence-electron chi connectivity index (χ4n) is 2.78. The molecule has 0 saturated heterocycles. The number of thiophene rings is 1. The van der Waals surface area contributed by atoms with Crippen molar-refractivity contribution in [1.82, 2.24) is 9.97 Å². The Labute approximate surface area is 161 Å². The van der Waals surface area contributed by atoms with Gasteiger partial charge in [-0.3, -0.25) is 0 Å². The number of aryl methyl sites for hydroxylation is 1. The molecule has 0 spiro atoms. The van der Waals surface area contributed by atoms with Crippen LogP contribution in [0.25, 0.3) is 10.7 Å². The van der Waals surface area contributed by atoms with Crippen LogP contribution in [0.4, 0.5) is 11.5 Å². The van der Waals surface area contributed by atoms with E-state index < -0.39 is 5.97 Å². The molecule has 2 N–H and O–H groups in total. The maximum atomic E-state index is 11.0. The highest BCUT2D eigenvalue weighted by molar-refractivity contribution is 7.15. The number of carbonyl (C=O) groups is 1. The molecule has 2 aromatic heterocycles. The van der Waals surface area contributed by atoms with Gasteiger partial charge in [-0.25, -0.2) is 14.8 Å². The van der Waals surface area contributed by atoms with Gasteiger partial charge >= 0.3 is 5.97 Å². The summed E-state index contributed by atoms with van der Waals surface area (Å²) in [6.45, 7) is 4.61. The Hall–Kier alpha value is -2.77. The molecule has 27 heavy (non-hydrogen) atoms. The van der Waals surface area contributed by atoms with Gasteiger partial charge in [0, 0.05) is 28.9 Å². The highest BCUT2D eigenvalue weighted by atomic mass is 32.1. The van der Waals surface area contributed by atoms with E-state index in [1.807, 2.05) is 19.1 Å². The average molecular weight is 383 g/mol. The fourth-order valence-corrected chi connectivity index (χ4v) is 3.70. The van der Waals surface area contributed by atoms with Gasteiger partial charge in [0.05, 0.1) is 17.0 Å². The van der Waals surface area contributed by atoms with Crippen molar-refractivity contribution < 1.29 is 14.6 Å². The van der Waals surface area contributed by atoms with Gasteiger partial charge in [0.1, 0.15) is 5.82 Å². The summed E-state index contributed by atoms with van der Waals surface area (Å²) in [5.74, 6) is 0.465. The zero-order valence-electron chi connectivity index (χ0n) is 15.4. The Morgan fingerprint density at radius 1 is 1.19 bits per heavy atom. The van der Waals surface area contributed by atoms with Crippen LogP contribution in [0.2, 0.25) is 0 Å². The van der Waals surface area contributed by atoms with E-state index in [1.54, 1.807) is 42.7 Å². The van der Waals surface area contributed by atoms with Gasteiger partial charge in [0.15, 0.2) is 5.82 Å². The quantitative estimate of drug-likeness (QED) is 0.617. The SMILES string of the molecule is CCc1c(C)nc(-c2ccc(COC)s2)nc1Nc1ccc(C(=O)O)cc1. The van der Waals surface area contributed by atoms with Crippen LogP contribution < -0.4 is 5.32 Å². The van der Waals surface area contributed by atoms with Crippen molar-refractivity contribution in [2.75, 3.05) is 12.4 Å². The van der Waals surface area contributed by atoms with E-state index in [2.05, 4.69) is 17.2 Å². The summed E-state index contributed by atoms with van der Waals surface area (Å²) in [7, 11) is 1.67. The van der Waals surface area contributed by atoms with Crippen molar-refractivity contribution in [3.63, 3.8) is 0 Å². The Kier molecular flexibility index (Phi) is 5.83. The Balaban J connectivity index is 1.95. The third kappa shape index (κ3) is 4.32. The van der Waals surface area contributed by atoms with Gasteiger partial charge in [0.2, 0.25) is 0 Å². The van der Waals surface area contributed by atoms with Gasteiger partial charge in [0.25, 0.3) is 0 Å². The van der Waals surface area contributed by atoms with E-state index in [0.717, 1.165) is 38.9 Å². The van der Waals surface area contributed by atoms with Gasteiger partial charge in [-0.2, -0.15) is 0 Å². The molecule has 0 radical (unpaired) electrons. The second-order valence-electron chi connectivity index (χ2n) is 6.02. The van der Waals surface area contributed by atoms with Crippen molar-refractivity contribution >= 4 is 28.8 Å². The zero-order chi connectivity index (χ0) is 19.4. The van der Waals surface area contributed by atoms with Crippen molar-refractivity contribution in [1.29, 1.82) is 0 Å². The van der Waals surface area contributed by atoms with E-state index in [4.69, 9.17) is 14.8 Å². The number of carboxylic acid groups (broad SMARTS) is 1. The number of rotatable bonds is 7. The second kappa shape index (κ2) is 8.28. The molecule has 0 amide bonds. The highest BCUT2D eigenvalue weighted by Gasteiger charge is 2.14. The van der Waals surface area contributed by atoms with Crippen LogP contribution in [-0.4, -0.2) is 28.2 Å². The first kappa shape index (κ1) is 19.0. The predicted molar refractivity (Wildman–Crippen MR) is 107 cm³/mol. The maximum absolute atomic E-state index is 11.0. The van der Waals surface area contributed by atoms with Crippen molar-refractivity contribution in [3.05, 3.63) is 58.1 Å². The molecule has 3 aromatic rings. The number of hydrogen-bond donors (Lipinski definition) is 2. The molecular weight excluding hydrogens is 362 g/mol. The standard InChI is InChI=1S/C20H21N3O3S/c1-4-16-12(2)21-19(17-10-9-15(27-17)11-26-3)23-18(16)22-14-7-5-13(6-8-14)20(24)25/h5-10H,4,11H2,1-3H3,(H,24,25)(H,21,22,23). The van der Waals surface area contributed by atoms with Crippen LogP contribution in [0, 0.1) is 6.92 Å². The van der Waals surface area contributed by atoms with E-state index >= 15 is 0 Å². The van der Waals surface area contributed by atoms with Crippen molar-refractivity contribution in [2.45, 2.75) is 26.9 Å². The number of benzene rings is 1. The number of anilines is 2. The summed E-state index contributed by atoms with van der Waals surface area (Å²) < 4.78 is 5.18. The number of carboxylic acids is 1. The van der Waals surface area contributed by atoms with E-state index in [1.165, 1.54) is 0 Å². The highest BCUT2D eigenvalue weighted by Crippen LogP contribution is 2.30. The first-order chi connectivity index (χ1) is 13.0. The van der Waals surface area contributed by atoms with E-state index in [9.17, 15) is 4.79 Å². The molecule has 140 valence electrons. The van der Waals surface area contributed by atoms with Gasteiger partial charge in [-0.1, -0.05) is 6.92 Å². The van der Waals surface area contributed by atoms with Crippen LogP contribution in [0.5, 0.6) is 0 Å². The summed E-state index contributed by atoms with van der Waals surface area (Å²) in [5.41, 5.74) is 2.99. The molecule has 2 heterocycles. The van der Waals surface area contributed by atoms with E-state index in [-0.39, 0.29) is 5.56 Å². The molecule has 1 aromatic carbocycles. The normalized spacial score (nSPS) is 10.8. The topological polar surface area (TPSA) is 84.3 Å². The predicted octanol–water partition coefficient (Wildman–Crippen LogP) is 4.66. The lowest BCUT2D eigenvalue weighted by Gasteiger charge is -2.13. The second-order valence-corrected chi connectivity index (χ2v) is 7.19. The lowest BCUT2D eigenvalue weighted by Crippen LogP contribution is -2.05. The molecule has 0 unspecified atom stereocenters. The van der Waals surface area contributed by atoms with Gasteiger partial charge < -0.3 is 15.2 Å². The molecular formula is C20H21N3O3S. The third-order valence-corrected chi connectivity index (χ3v) is 5.19. The van der Waals surface area contributed by atoms with Crippen molar-refractivity contribution in [2.24, 2.45) is 0 Å².